The summed E-state index contributed by atoms with van der Waals surface area (Å²) in [6.45, 7) is 5.65. The van der Waals surface area contributed by atoms with Crippen LogP contribution in [-0.4, -0.2) is 9.78 Å². The maximum absolute atomic E-state index is 6.19. The molecule has 0 spiro atoms. The number of nitrogens with zero attached hydrogens (tertiary/aromatic N) is 2. The lowest BCUT2D eigenvalue weighted by molar-refractivity contribution is 0.690. The number of nitrogens with one attached hydrogen (secondary N) is 1. The summed E-state index contributed by atoms with van der Waals surface area (Å²) in [4.78, 5) is 0. The Morgan fingerprint density at radius 2 is 1.94 bits per heavy atom. The first-order valence-corrected chi connectivity index (χ1v) is 6.39. The van der Waals surface area contributed by atoms with Crippen LogP contribution in [0.2, 0.25) is 5.02 Å². The Labute approximate surface area is 113 Å². The molecular formula is C14H18ClN3. The minimum atomic E-state index is 0.771. The van der Waals surface area contributed by atoms with Gasteiger partial charge >= 0.3 is 0 Å². The molecule has 0 amide bonds. The summed E-state index contributed by atoms with van der Waals surface area (Å²) in [7, 11) is 1.94. The van der Waals surface area contributed by atoms with Crippen molar-refractivity contribution in [1.29, 1.82) is 0 Å². The second-order valence-electron chi connectivity index (χ2n) is 4.61. The van der Waals surface area contributed by atoms with Crippen molar-refractivity contribution in [2.24, 2.45) is 7.05 Å². The van der Waals surface area contributed by atoms with E-state index < -0.39 is 0 Å². The molecule has 0 aliphatic heterocycles. The van der Waals surface area contributed by atoms with E-state index in [2.05, 4.69) is 22.5 Å². The average Bonchev–Trinajstić information content (AvgIpc) is 2.61. The Kier molecular flexibility index (Phi) is 4.04. The summed E-state index contributed by atoms with van der Waals surface area (Å²) >= 11 is 6.19. The summed E-state index contributed by atoms with van der Waals surface area (Å²) in [5.41, 5.74) is 4.61. The van der Waals surface area contributed by atoms with E-state index in [0.29, 0.717) is 0 Å². The minimum Gasteiger partial charge on any atom is -0.308 e. The SMILES string of the molecule is Cc1ccc(CNCc2cn(C)nc2C)c(Cl)c1. The van der Waals surface area contributed by atoms with Crippen molar-refractivity contribution in [2.75, 3.05) is 0 Å². The molecule has 1 aromatic heterocycles. The van der Waals surface area contributed by atoms with Crippen LogP contribution in [0.5, 0.6) is 0 Å². The van der Waals surface area contributed by atoms with Crippen molar-refractivity contribution in [2.45, 2.75) is 26.9 Å². The van der Waals surface area contributed by atoms with Crippen molar-refractivity contribution < 1.29 is 0 Å². The van der Waals surface area contributed by atoms with Crippen LogP contribution in [0, 0.1) is 13.8 Å². The quantitative estimate of drug-likeness (QED) is 0.919. The first kappa shape index (κ1) is 13.1. The standard InChI is InChI=1S/C14H18ClN3/c1-10-4-5-12(14(15)6-10)7-16-8-13-9-18(3)17-11(13)2/h4-6,9,16H,7-8H2,1-3H3. The van der Waals surface area contributed by atoms with E-state index in [-0.39, 0.29) is 0 Å². The summed E-state index contributed by atoms with van der Waals surface area (Å²) < 4.78 is 1.84. The Bertz CT molecular complexity index is 546. The van der Waals surface area contributed by atoms with E-state index in [1.54, 1.807) is 0 Å². The molecule has 18 heavy (non-hydrogen) atoms. The van der Waals surface area contributed by atoms with Crippen molar-refractivity contribution in [1.82, 2.24) is 15.1 Å². The fraction of sp³-hybridized carbons (Fsp3) is 0.357. The van der Waals surface area contributed by atoms with Crippen LogP contribution < -0.4 is 5.32 Å². The predicted molar refractivity (Wildman–Crippen MR) is 74.7 cm³/mol. The van der Waals surface area contributed by atoms with Crippen LogP contribution in [0.15, 0.2) is 24.4 Å². The first-order chi connectivity index (χ1) is 8.56. The fourth-order valence-electron chi connectivity index (χ4n) is 1.95. The van der Waals surface area contributed by atoms with Crippen molar-refractivity contribution in [3.8, 4) is 0 Å². The molecule has 0 fully saturated rings. The molecule has 2 rings (SSSR count). The molecule has 96 valence electrons. The monoisotopic (exact) mass is 263 g/mol. The van der Waals surface area contributed by atoms with Gasteiger partial charge in [0.05, 0.1) is 5.69 Å². The zero-order valence-electron chi connectivity index (χ0n) is 11.0. The van der Waals surface area contributed by atoms with Gasteiger partial charge < -0.3 is 5.32 Å². The van der Waals surface area contributed by atoms with E-state index in [1.807, 2.05) is 37.8 Å². The molecule has 0 atom stereocenters. The average molecular weight is 264 g/mol. The summed E-state index contributed by atoms with van der Waals surface area (Å²) in [6.07, 6.45) is 2.04. The lowest BCUT2D eigenvalue weighted by Gasteiger charge is -2.07. The number of rotatable bonds is 4. The molecule has 4 heteroatoms. The van der Waals surface area contributed by atoms with Crippen molar-refractivity contribution in [3.63, 3.8) is 0 Å². The Balaban J connectivity index is 1.94. The van der Waals surface area contributed by atoms with Gasteiger partial charge in [0, 0.05) is 36.9 Å². The number of aromatic nitrogens is 2. The van der Waals surface area contributed by atoms with Gasteiger partial charge in [-0.3, -0.25) is 4.68 Å². The lowest BCUT2D eigenvalue weighted by Crippen LogP contribution is -2.13. The third-order valence-corrected chi connectivity index (χ3v) is 3.31. The van der Waals surface area contributed by atoms with Crippen molar-refractivity contribution >= 4 is 11.6 Å². The highest BCUT2D eigenvalue weighted by atomic mass is 35.5. The number of halogens is 1. The van der Waals surface area contributed by atoms with Gasteiger partial charge in [0.15, 0.2) is 0 Å². The van der Waals surface area contributed by atoms with E-state index in [0.717, 1.165) is 29.4 Å². The van der Waals surface area contributed by atoms with E-state index >= 15 is 0 Å². The van der Waals surface area contributed by atoms with Crippen LogP contribution in [0.1, 0.15) is 22.4 Å². The van der Waals surface area contributed by atoms with Crippen LogP contribution in [0.3, 0.4) is 0 Å². The Hall–Kier alpha value is -1.32. The topological polar surface area (TPSA) is 29.9 Å². The number of hydrogen-bond acceptors (Lipinski definition) is 2. The third-order valence-electron chi connectivity index (χ3n) is 2.95. The van der Waals surface area contributed by atoms with Gasteiger partial charge in [-0.2, -0.15) is 5.10 Å². The fourth-order valence-corrected chi connectivity index (χ4v) is 2.25. The molecular weight excluding hydrogens is 246 g/mol. The number of hydrogen-bond donors (Lipinski definition) is 1. The zero-order chi connectivity index (χ0) is 13.1. The van der Waals surface area contributed by atoms with Crippen LogP contribution in [0.25, 0.3) is 0 Å². The van der Waals surface area contributed by atoms with Gasteiger partial charge in [-0.1, -0.05) is 23.7 Å². The highest BCUT2D eigenvalue weighted by Crippen LogP contribution is 2.17. The smallest absolute Gasteiger partial charge is 0.0638 e. The van der Waals surface area contributed by atoms with Gasteiger partial charge in [0.2, 0.25) is 0 Å². The van der Waals surface area contributed by atoms with E-state index in [1.165, 1.54) is 11.1 Å². The van der Waals surface area contributed by atoms with Gasteiger partial charge in [-0.25, -0.2) is 0 Å². The molecule has 0 bridgehead atoms. The van der Waals surface area contributed by atoms with Gasteiger partial charge in [-0.15, -0.1) is 0 Å². The first-order valence-electron chi connectivity index (χ1n) is 6.01. The summed E-state index contributed by atoms with van der Waals surface area (Å²) in [5, 5.41) is 8.54. The summed E-state index contributed by atoms with van der Waals surface area (Å²) in [5.74, 6) is 0. The molecule has 0 aliphatic carbocycles. The maximum Gasteiger partial charge on any atom is 0.0638 e. The second-order valence-corrected chi connectivity index (χ2v) is 5.02. The molecule has 0 radical (unpaired) electrons. The van der Waals surface area contributed by atoms with E-state index in [9.17, 15) is 0 Å². The third kappa shape index (κ3) is 3.12. The second kappa shape index (κ2) is 5.55. The zero-order valence-corrected chi connectivity index (χ0v) is 11.8. The largest absolute Gasteiger partial charge is 0.308 e. The van der Waals surface area contributed by atoms with Gasteiger partial charge in [0.1, 0.15) is 0 Å². The van der Waals surface area contributed by atoms with Crippen LogP contribution >= 0.6 is 11.6 Å². The lowest BCUT2D eigenvalue weighted by atomic mass is 10.1. The van der Waals surface area contributed by atoms with Crippen LogP contribution in [-0.2, 0) is 20.1 Å². The molecule has 0 saturated heterocycles. The molecule has 1 aromatic carbocycles. The highest BCUT2D eigenvalue weighted by Gasteiger charge is 2.04. The molecule has 0 unspecified atom stereocenters. The van der Waals surface area contributed by atoms with Crippen LogP contribution in [0.4, 0.5) is 0 Å². The Morgan fingerprint density at radius 3 is 2.56 bits per heavy atom. The molecule has 1 N–H and O–H groups in total. The molecule has 2 aromatic rings. The summed E-state index contributed by atoms with van der Waals surface area (Å²) in [6, 6.07) is 6.15. The molecule has 0 saturated carbocycles. The van der Waals surface area contributed by atoms with Gasteiger partial charge in [0.25, 0.3) is 0 Å². The maximum atomic E-state index is 6.19. The minimum absolute atomic E-state index is 0.771. The predicted octanol–water partition coefficient (Wildman–Crippen LogP) is 2.98. The normalized spacial score (nSPS) is 10.9. The van der Waals surface area contributed by atoms with E-state index in [4.69, 9.17) is 11.6 Å². The Morgan fingerprint density at radius 1 is 1.22 bits per heavy atom. The highest BCUT2D eigenvalue weighted by molar-refractivity contribution is 6.31. The molecule has 3 nitrogen and oxygen atoms in total. The number of benzene rings is 1. The van der Waals surface area contributed by atoms with Gasteiger partial charge in [-0.05, 0) is 31.0 Å². The molecule has 1 heterocycles. The number of aryl methyl sites for hydroxylation is 3. The molecule has 0 aliphatic rings. The van der Waals surface area contributed by atoms with Crippen molar-refractivity contribution in [3.05, 3.63) is 51.8 Å².